The molecule has 2 aliphatic rings. The summed E-state index contributed by atoms with van der Waals surface area (Å²) in [7, 11) is 1.59. The maximum absolute atomic E-state index is 13.7. The summed E-state index contributed by atoms with van der Waals surface area (Å²) in [5.41, 5.74) is 0.947. The number of nitrogens with one attached hydrogen (secondary N) is 2. The Morgan fingerprint density at radius 1 is 1.29 bits per heavy atom. The first-order valence-electron chi connectivity index (χ1n) is 14.1. The molecule has 3 rings (SSSR count). The Kier molecular flexibility index (Phi) is 12.0. The van der Waals surface area contributed by atoms with Gasteiger partial charge in [-0.15, -0.1) is 11.8 Å². The summed E-state index contributed by atoms with van der Waals surface area (Å²) in [6.07, 6.45) is 4.20. The number of carbonyl (C=O) groups excluding carboxylic acids is 3. The van der Waals surface area contributed by atoms with E-state index in [2.05, 4.69) is 28.4 Å². The molecule has 10 heteroatoms. The topological polar surface area (TPSA) is 124 Å². The van der Waals surface area contributed by atoms with Crippen LogP contribution in [-0.4, -0.2) is 61.3 Å². The van der Waals surface area contributed by atoms with Crippen LogP contribution in [0.4, 0.5) is 0 Å². The van der Waals surface area contributed by atoms with E-state index < -0.39 is 28.8 Å². The van der Waals surface area contributed by atoms with Crippen molar-refractivity contribution in [2.24, 2.45) is 15.8 Å². The molecule has 2 atom stereocenters. The molecule has 0 radical (unpaired) electrons. The molecule has 9 nitrogen and oxygen atoms in total. The molecule has 1 heterocycles. The van der Waals surface area contributed by atoms with Gasteiger partial charge in [0.1, 0.15) is 23.2 Å². The van der Waals surface area contributed by atoms with Crippen molar-refractivity contribution in [1.29, 1.82) is 5.26 Å². The fraction of sp³-hybridized carbons (Fsp3) is 0.581. The fourth-order valence-corrected chi connectivity index (χ4v) is 5.50. The van der Waals surface area contributed by atoms with Gasteiger partial charge in [0.15, 0.2) is 0 Å². The van der Waals surface area contributed by atoms with Gasteiger partial charge in [-0.3, -0.25) is 19.4 Å². The Bertz CT molecular complexity index is 1210. The third-order valence-electron chi connectivity index (χ3n) is 7.40. The maximum atomic E-state index is 13.7. The van der Waals surface area contributed by atoms with Gasteiger partial charge in [0.25, 0.3) is 0 Å². The third-order valence-corrected chi connectivity index (χ3v) is 8.34. The number of carbonyl (C=O) groups is 3. The predicted octanol–water partition coefficient (Wildman–Crippen LogP) is 4.92. The maximum Gasteiger partial charge on any atom is 0.246 e. The van der Waals surface area contributed by atoms with Gasteiger partial charge in [-0.1, -0.05) is 46.8 Å². The first-order valence-corrected chi connectivity index (χ1v) is 15.3. The van der Waals surface area contributed by atoms with Gasteiger partial charge in [0, 0.05) is 23.6 Å². The number of aliphatic imine (C=N–C) groups is 1. The first kappa shape index (κ1) is 33.9. The highest BCUT2D eigenvalue weighted by Gasteiger charge is 2.53. The standard InChI is InChI=1S/C29H39N5O4S.C2H6/c1-18(31-5)23(39-7)19-10-11-20(22(15-19)38-6)16-32-25(35)21-9-8-14-34(21)26(36)24(28(2,3)4)33-27(37)29(17-30)12-13-29;1-2/h10-11,15,21,24H,5,8-9,12-14,16H2,1-4,6-7H3,(H,32,35)(H,33,37);1-2H3/b23-18-;. The van der Waals surface area contributed by atoms with Crippen LogP contribution in [0.3, 0.4) is 0 Å². The monoisotopic (exact) mass is 583 g/mol. The van der Waals surface area contributed by atoms with Crippen LogP contribution in [0.25, 0.3) is 4.91 Å². The predicted molar refractivity (Wildman–Crippen MR) is 165 cm³/mol. The third kappa shape index (κ3) is 7.91. The Balaban J connectivity index is 0.00000287. The summed E-state index contributed by atoms with van der Waals surface area (Å²) in [6.45, 7) is 15.8. The normalized spacial score (nSPS) is 18.5. The van der Waals surface area contributed by atoms with Crippen LogP contribution in [0.5, 0.6) is 5.75 Å². The lowest BCUT2D eigenvalue weighted by atomic mass is 9.85. The molecule has 1 aliphatic carbocycles. The second-order valence-corrected chi connectivity index (χ2v) is 12.0. The summed E-state index contributed by atoms with van der Waals surface area (Å²) in [5.74, 6) is -0.324. The number of benzene rings is 1. The summed E-state index contributed by atoms with van der Waals surface area (Å²) < 4.78 is 5.60. The number of nitrogens with zero attached hydrogens (tertiary/aromatic N) is 3. The van der Waals surface area contributed by atoms with E-state index in [4.69, 9.17) is 4.74 Å². The van der Waals surface area contributed by atoms with Crippen LogP contribution in [-0.2, 0) is 20.9 Å². The van der Waals surface area contributed by atoms with Gasteiger partial charge in [-0.05, 0) is 62.6 Å². The van der Waals surface area contributed by atoms with Crippen molar-refractivity contribution in [1.82, 2.24) is 15.5 Å². The molecule has 1 aromatic carbocycles. The van der Waals surface area contributed by atoms with Crippen molar-refractivity contribution >= 4 is 41.1 Å². The largest absolute Gasteiger partial charge is 0.496 e. The Morgan fingerprint density at radius 2 is 1.95 bits per heavy atom. The number of thioether (sulfide) groups is 1. The van der Waals surface area contributed by atoms with Crippen molar-refractivity contribution in [2.45, 2.75) is 85.9 Å². The molecule has 2 N–H and O–H groups in total. The fourth-order valence-electron chi connectivity index (χ4n) is 4.78. The van der Waals surface area contributed by atoms with Crippen LogP contribution in [0, 0.1) is 22.2 Å². The van der Waals surface area contributed by atoms with E-state index in [1.54, 1.807) is 23.8 Å². The average molecular weight is 584 g/mol. The highest BCUT2D eigenvalue weighted by atomic mass is 32.2. The lowest BCUT2D eigenvalue weighted by molar-refractivity contribution is -0.144. The highest BCUT2D eigenvalue weighted by Crippen LogP contribution is 2.45. The molecule has 3 amide bonds. The molecule has 2 fully saturated rings. The number of methoxy groups -OCH3 is 1. The van der Waals surface area contributed by atoms with Crippen molar-refractivity contribution in [3.8, 4) is 11.8 Å². The molecular formula is C31H45N5O4S. The summed E-state index contributed by atoms with van der Waals surface area (Å²) in [5, 5.41) is 15.2. The lowest BCUT2D eigenvalue weighted by Crippen LogP contribution is -2.58. The van der Waals surface area contributed by atoms with Crippen LogP contribution in [0.1, 0.15) is 78.4 Å². The summed E-state index contributed by atoms with van der Waals surface area (Å²) in [4.78, 5) is 46.4. The SMILES string of the molecule is C=N/C(C)=C(\SC)c1ccc(CNC(=O)C2CCCN2C(=O)C(NC(=O)C2(C#N)CC2)C(C)(C)C)c(OC)c1.CC. The Hall–Kier alpha value is -3.32. The van der Waals surface area contributed by atoms with E-state index in [1.165, 1.54) is 0 Å². The molecular weight excluding hydrogens is 538 g/mol. The second kappa shape index (κ2) is 14.5. The molecule has 0 bridgehead atoms. The molecule has 1 saturated carbocycles. The van der Waals surface area contributed by atoms with Crippen molar-refractivity contribution in [3.05, 3.63) is 35.0 Å². The summed E-state index contributed by atoms with van der Waals surface area (Å²) >= 11 is 1.57. The molecule has 0 aromatic heterocycles. The van der Waals surface area contributed by atoms with E-state index in [0.717, 1.165) is 21.7 Å². The molecule has 41 heavy (non-hydrogen) atoms. The molecule has 1 aromatic rings. The Labute approximate surface area is 249 Å². The van der Waals surface area contributed by atoms with Gasteiger partial charge in [-0.25, -0.2) is 0 Å². The number of hydrogen-bond donors (Lipinski definition) is 2. The van der Waals surface area contributed by atoms with Gasteiger partial charge in [-0.2, -0.15) is 5.26 Å². The van der Waals surface area contributed by atoms with Crippen LogP contribution in [0.15, 0.2) is 28.9 Å². The van der Waals surface area contributed by atoms with E-state index >= 15 is 0 Å². The van der Waals surface area contributed by atoms with Crippen LogP contribution in [0.2, 0.25) is 0 Å². The van der Waals surface area contributed by atoms with E-state index in [0.29, 0.717) is 38.0 Å². The van der Waals surface area contributed by atoms with Gasteiger partial charge < -0.3 is 20.3 Å². The number of hydrogen-bond acceptors (Lipinski definition) is 7. The minimum Gasteiger partial charge on any atom is -0.496 e. The van der Waals surface area contributed by atoms with E-state index in [9.17, 15) is 19.6 Å². The summed E-state index contributed by atoms with van der Waals surface area (Å²) in [6, 6.07) is 6.39. The zero-order chi connectivity index (χ0) is 31.0. The van der Waals surface area contributed by atoms with Crippen molar-refractivity contribution in [2.75, 3.05) is 19.9 Å². The zero-order valence-corrected chi connectivity index (χ0v) is 26.5. The second-order valence-electron chi connectivity index (χ2n) is 11.2. The van der Waals surface area contributed by atoms with Crippen LogP contribution < -0.4 is 15.4 Å². The van der Waals surface area contributed by atoms with Gasteiger partial charge in [0.05, 0.1) is 18.9 Å². The van der Waals surface area contributed by atoms with E-state index in [1.807, 2.05) is 66.0 Å². The first-order chi connectivity index (χ1) is 19.4. The van der Waals surface area contributed by atoms with Gasteiger partial charge in [0.2, 0.25) is 17.7 Å². The van der Waals surface area contributed by atoms with Crippen molar-refractivity contribution < 1.29 is 19.1 Å². The minimum atomic E-state index is -1.03. The number of ether oxygens (including phenoxy) is 1. The van der Waals surface area contributed by atoms with Gasteiger partial charge >= 0.3 is 0 Å². The molecule has 2 unspecified atom stereocenters. The van der Waals surface area contributed by atoms with Crippen molar-refractivity contribution in [3.63, 3.8) is 0 Å². The number of amides is 3. The average Bonchev–Trinajstić information content (AvgIpc) is 3.62. The van der Waals surface area contributed by atoms with E-state index in [-0.39, 0.29) is 18.4 Å². The molecule has 224 valence electrons. The Morgan fingerprint density at radius 3 is 2.46 bits per heavy atom. The zero-order valence-electron chi connectivity index (χ0n) is 25.7. The quantitative estimate of drug-likeness (QED) is 0.377. The smallest absolute Gasteiger partial charge is 0.246 e. The number of allylic oxidation sites excluding steroid dienone is 1. The van der Waals surface area contributed by atoms with Crippen LogP contribution >= 0.6 is 11.8 Å². The molecule has 1 saturated heterocycles. The molecule has 0 spiro atoms. The number of likely N-dealkylation sites (tertiary alicyclic amines) is 1. The molecule has 1 aliphatic heterocycles. The number of rotatable bonds is 10. The minimum absolute atomic E-state index is 0.238. The highest BCUT2D eigenvalue weighted by molar-refractivity contribution is 8.07. The lowest BCUT2D eigenvalue weighted by Gasteiger charge is -2.35. The number of nitriles is 1.